The first-order chi connectivity index (χ1) is 19.2. The molecule has 190 valence electrons. The summed E-state index contributed by atoms with van der Waals surface area (Å²) < 4.78 is 1.94. The van der Waals surface area contributed by atoms with E-state index in [9.17, 15) is 0 Å². The molecule has 6 heterocycles. The maximum Gasteiger partial charge on any atom is 0.181 e. The number of nitrogens with one attached hydrogen (secondary N) is 3. The molecular formula is C30H25N9. The number of imidazole rings is 1. The van der Waals surface area contributed by atoms with Crippen LogP contribution in [0.3, 0.4) is 0 Å². The van der Waals surface area contributed by atoms with Gasteiger partial charge in [-0.25, -0.2) is 15.0 Å². The van der Waals surface area contributed by atoms with Crippen molar-refractivity contribution in [1.29, 1.82) is 0 Å². The summed E-state index contributed by atoms with van der Waals surface area (Å²) in [6.45, 7) is 3.50. The predicted molar refractivity (Wildman–Crippen MR) is 151 cm³/mol. The highest BCUT2D eigenvalue weighted by Crippen LogP contribution is 2.32. The highest BCUT2D eigenvalue weighted by Gasteiger charge is 2.15. The molecule has 7 aromatic rings. The van der Waals surface area contributed by atoms with E-state index in [1.165, 1.54) is 5.56 Å². The van der Waals surface area contributed by atoms with Gasteiger partial charge in [0.25, 0.3) is 0 Å². The molecule has 0 aliphatic heterocycles. The van der Waals surface area contributed by atoms with Gasteiger partial charge >= 0.3 is 0 Å². The van der Waals surface area contributed by atoms with Crippen molar-refractivity contribution in [2.75, 3.05) is 0 Å². The number of fused-ring (bicyclic) bond motifs is 2. The van der Waals surface area contributed by atoms with Crippen LogP contribution in [0.25, 0.3) is 50.3 Å². The van der Waals surface area contributed by atoms with Gasteiger partial charge in [0.15, 0.2) is 5.65 Å². The second kappa shape index (κ2) is 9.62. The number of benzene rings is 1. The zero-order valence-electron chi connectivity index (χ0n) is 21.3. The summed E-state index contributed by atoms with van der Waals surface area (Å²) in [7, 11) is 0. The van der Waals surface area contributed by atoms with E-state index in [4.69, 9.17) is 0 Å². The molecule has 3 N–H and O–H groups in total. The molecule has 0 saturated heterocycles. The Hall–Kier alpha value is -5.15. The van der Waals surface area contributed by atoms with E-state index in [0.29, 0.717) is 5.65 Å². The van der Waals surface area contributed by atoms with Gasteiger partial charge in [-0.05, 0) is 42.3 Å². The maximum absolute atomic E-state index is 4.63. The molecular weight excluding hydrogens is 486 g/mol. The average molecular weight is 512 g/mol. The monoisotopic (exact) mass is 511 g/mol. The van der Waals surface area contributed by atoms with Crippen LogP contribution in [-0.2, 0) is 13.1 Å². The molecule has 7 rings (SSSR count). The molecule has 0 bridgehead atoms. The standard InChI is InChI=1S/C30H25N9/c1-19-17-39(18-35-19)30-24-11-27(36-26(24)7-8-33-30)28-25-10-23(16-34-29(25)38-37-28)22-9-21(14-32-15-22)13-31-12-20-5-3-2-4-6-20/h2-11,14-18,31,36H,12-13H2,1H3,(H,34,37,38). The van der Waals surface area contributed by atoms with Crippen LogP contribution in [0.2, 0.25) is 0 Å². The lowest BCUT2D eigenvalue weighted by Crippen LogP contribution is -2.12. The first-order valence-electron chi connectivity index (χ1n) is 12.7. The summed E-state index contributed by atoms with van der Waals surface area (Å²) in [5.74, 6) is 0.821. The second-order valence-electron chi connectivity index (χ2n) is 9.57. The van der Waals surface area contributed by atoms with Gasteiger partial charge in [0.05, 0.1) is 22.6 Å². The van der Waals surface area contributed by atoms with Crippen molar-refractivity contribution < 1.29 is 0 Å². The Morgan fingerprint density at radius 1 is 0.846 bits per heavy atom. The third-order valence-electron chi connectivity index (χ3n) is 6.79. The third-order valence-corrected chi connectivity index (χ3v) is 6.79. The molecule has 0 amide bonds. The number of H-pyrrole nitrogens is 2. The summed E-state index contributed by atoms with van der Waals surface area (Å²) in [5.41, 5.74) is 8.71. The van der Waals surface area contributed by atoms with Gasteiger partial charge in [-0.1, -0.05) is 30.3 Å². The number of aromatic nitrogens is 8. The van der Waals surface area contributed by atoms with Crippen molar-refractivity contribution in [3.05, 3.63) is 109 Å². The molecule has 0 aliphatic carbocycles. The van der Waals surface area contributed by atoms with Crippen LogP contribution >= 0.6 is 0 Å². The highest BCUT2D eigenvalue weighted by molar-refractivity contribution is 5.97. The van der Waals surface area contributed by atoms with Gasteiger partial charge < -0.3 is 10.3 Å². The lowest BCUT2D eigenvalue weighted by molar-refractivity contribution is 0.691. The van der Waals surface area contributed by atoms with Crippen LogP contribution in [0.5, 0.6) is 0 Å². The van der Waals surface area contributed by atoms with E-state index < -0.39 is 0 Å². The van der Waals surface area contributed by atoms with Gasteiger partial charge in [-0.3, -0.25) is 14.6 Å². The van der Waals surface area contributed by atoms with Crippen LogP contribution in [0.15, 0.2) is 91.9 Å². The number of hydrogen-bond acceptors (Lipinski definition) is 6. The molecule has 0 radical (unpaired) electrons. The quantitative estimate of drug-likeness (QED) is 0.266. The first-order valence-corrected chi connectivity index (χ1v) is 12.7. The third kappa shape index (κ3) is 4.45. The summed E-state index contributed by atoms with van der Waals surface area (Å²) in [6, 6.07) is 18.7. The number of aryl methyl sites for hydroxylation is 1. The molecule has 0 atom stereocenters. The summed E-state index contributed by atoms with van der Waals surface area (Å²) >= 11 is 0. The van der Waals surface area contributed by atoms with E-state index in [1.807, 2.05) is 48.4 Å². The average Bonchev–Trinajstić information content (AvgIpc) is 3.71. The van der Waals surface area contributed by atoms with Crippen molar-refractivity contribution in [2.45, 2.75) is 20.0 Å². The van der Waals surface area contributed by atoms with E-state index >= 15 is 0 Å². The van der Waals surface area contributed by atoms with Gasteiger partial charge in [-0.2, -0.15) is 5.10 Å². The minimum absolute atomic E-state index is 0.657. The fraction of sp³-hybridized carbons (Fsp3) is 0.100. The normalized spacial score (nSPS) is 11.5. The lowest BCUT2D eigenvalue weighted by atomic mass is 10.1. The first kappa shape index (κ1) is 23.0. The molecule has 1 aromatic carbocycles. The van der Waals surface area contributed by atoms with E-state index in [0.717, 1.165) is 69.0 Å². The number of pyridine rings is 3. The molecule has 6 aromatic heterocycles. The molecule has 9 nitrogen and oxygen atoms in total. The van der Waals surface area contributed by atoms with Gasteiger partial charge in [0, 0.05) is 66.0 Å². The zero-order chi connectivity index (χ0) is 26.2. The minimum Gasteiger partial charge on any atom is -0.353 e. The SMILES string of the molecule is Cc1cn(-c2nccc3[nH]c(-c4[nH]nc5ncc(-c6cncc(CNCc7ccccc7)c6)cc45)cc23)cn1. The highest BCUT2D eigenvalue weighted by atomic mass is 15.2. The van der Waals surface area contributed by atoms with E-state index in [-0.39, 0.29) is 0 Å². The van der Waals surface area contributed by atoms with Crippen LogP contribution in [0.1, 0.15) is 16.8 Å². The topological polar surface area (TPSA) is 113 Å². The predicted octanol–water partition coefficient (Wildman–Crippen LogP) is 5.35. The van der Waals surface area contributed by atoms with Crippen LogP contribution in [-0.4, -0.2) is 39.7 Å². The summed E-state index contributed by atoms with van der Waals surface area (Å²) in [4.78, 5) is 21.6. The van der Waals surface area contributed by atoms with Crippen molar-refractivity contribution >= 4 is 21.9 Å². The fourth-order valence-corrected chi connectivity index (χ4v) is 4.87. The zero-order valence-corrected chi connectivity index (χ0v) is 21.3. The molecule has 0 aliphatic rings. The Bertz CT molecular complexity index is 1910. The number of hydrogen-bond donors (Lipinski definition) is 3. The fourth-order valence-electron chi connectivity index (χ4n) is 4.87. The Morgan fingerprint density at radius 2 is 1.72 bits per heavy atom. The van der Waals surface area contributed by atoms with Crippen molar-refractivity contribution in [3.63, 3.8) is 0 Å². The van der Waals surface area contributed by atoms with Gasteiger partial charge in [-0.15, -0.1) is 0 Å². The number of rotatable bonds is 7. The smallest absolute Gasteiger partial charge is 0.181 e. The van der Waals surface area contributed by atoms with Crippen LogP contribution in [0, 0.1) is 6.92 Å². The summed E-state index contributed by atoms with van der Waals surface area (Å²) in [6.07, 6.45) is 11.2. The van der Waals surface area contributed by atoms with Gasteiger partial charge in [0.1, 0.15) is 12.1 Å². The Balaban J connectivity index is 1.20. The number of aromatic amines is 2. The maximum atomic E-state index is 4.63. The largest absolute Gasteiger partial charge is 0.353 e. The molecule has 0 unspecified atom stereocenters. The Morgan fingerprint density at radius 3 is 2.59 bits per heavy atom. The van der Waals surface area contributed by atoms with Crippen molar-refractivity contribution in [2.24, 2.45) is 0 Å². The molecule has 39 heavy (non-hydrogen) atoms. The Kier molecular flexibility index (Phi) is 5.68. The molecule has 0 saturated carbocycles. The molecule has 0 spiro atoms. The van der Waals surface area contributed by atoms with Crippen LogP contribution in [0.4, 0.5) is 0 Å². The molecule has 0 fully saturated rings. The van der Waals surface area contributed by atoms with E-state index in [2.05, 4.69) is 82.9 Å². The van der Waals surface area contributed by atoms with Crippen molar-refractivity contribution in [3.8, 4) is 28.3 Å². The van der Waals surface area contributed by atoms with E-state index in [1.54, 1.807) is 12.5 Å². The van der Waals surface area contributed by atoms with Gasteiger partial charge in [0.2, 0.25) is 0 Å². The second-order valence-corrected chi connectivity index (χ2v) is 9.57. The minimum atomic E-state index is 0.657. The van der Waals surface area contributed by atoms with Crippen LogP contribution < -0.4 is 5.32 Å². The van der Waals surface area contributed by atoms with Crippen molar-refractivity contribution in [1.82, 2.24) is 45.0 Å². The molecule has 9 heteroatoms. The Labute approximate surface area is 224 Å². The number of nitrogens with zero attached hydrogens (tertiary/aromatic N) is 6. The summed E-state index contributed by atoms with van der Waals surface area (Å²) in [5, 5.41) is 13.1. The lowest BCUT2D eigenvalue weighted by Gasteiger charge is -2.07.